The minimum absolute atomic E-state index is 0.0328. The van der Waals surface area contributed by atoms with E-state index in [0.29, 0.717) is 31.9 Å². The summed E-state index contributed by atoms with van der Waals surface area (Å²) in [5, 5.41) is 8.87. The number of urea groups is 1. The third kappa shape index (κ3) is 5.51. The lowest BCUT2D eigenvalue weighted by Gasteiger charge is -2.23. The van der Waals surface area contributed by atoms with E-state index in [2.05, 4.69) is 25.9 Å². The standard InChI is InChI=1S/C18H23N5O2/c24-18(22-13-15-12-19-10-11-25-15)21-9-7-17-20-8-6-16(23-17)14-4-2-1-3-5-14/h1-6,8,15,19H,7,9-13H2,(H2,21,22,24)/t15-/m1/s1. The molecule has 1 saturated heterocycles. The summed E-state index contributed by atoms with van der Waals surface area (Å²) < 4.78 is 5.53. The maximum absolute atomic E-state index is 11.8. The van der Waals surface area contributed by atoms with Crippen molar-refractivity contribution in [3.8, 4) is 11.3 Å². The summed E-state index contributed by atoms with van der Waals surface area (Å²) in [6.07, 6.45) is 2.36. The van der Waals surface area contributed by atoms with Gasteiger partial charge in [-0.15, -0.1) is 0 Å². The Bertz CT molecular complexity index is 674. The zero-order valence-corrected chi connectivity index (χ0v) is 14.1. The van der Waals surface area contributed by atoms with E-state index in [9.17, 15) is 4.79 Å². The SMILES string of the molecule is O=C(NCCc1nccc(-c2ccccc2)n1)NC[C@H]1CNCCO1. The van der Waals surface area contributed by atoms with Gasteiger partial charge in [0.05, 0.1) is 18.4 Å². The maximum Gasteiger partial charge on any atom is 0.314 e. The lowest BCUT2D eigenvalue weighted by atomic mass is 10.1. The number of benzene rings is 1. The third-order valence-electron chi connectivity index (χ3n) is 3.90. The molecule has 3 rings (SSSR count). The summed E-state index contributed by atoms with van der Waals surface area (Å²) in [6.45, 7) is 3.29. The summed E-state index contributed by atoms with van der Waals surface area (Å²) in [4.78, 5) is 20.6. The molecule has 2 heterocycles. The maximum atomic E-state index is 11.8. The van der Waals surface area contributed by atoms with E-state index in [0.717, 1.165) is 24.3 Å². The van der Waals surface area contributed by atoms with Crippen LogP contribution in [0.4, 0.5) is 4.79 Å². The summed E-state index contributed by atoms with van der Waals surface area (Å²) in [7, 11) is 0. The molecule has 132 valence electrons. The highest BCUT2D eigenvalue weighted by atomic mass is 16.5. The van der Waals surface area contributed by atoms with Crippen molar-refractivity contribution in [2.24, 2.45) is 0 Å². The summed E-state index contributed by atoms with van der Waals surface area (Å²) >= 11 is 0. The monoisotopic (exact) mass is 341 g/mol. The van der Waals surface area contributed by atoms with Crippen LogP contribution < -0.4 is 16.0 Å². The van der Waals surface area contributed by atoms with E-state index in [4.69, 9.17) is 4.74 Å². The predicted molar refractivity (Wildman–Crippen MR) is 95.2 cm³/mol. The molecule has 0 unspecified atom stereocenters. The first-order valence-electron chi connectivity index (χ1n) is 8.52. The summed E-state index contributed by atoms with van der Waals surface area (Å²) in [5.74, 6) is 0.710. The molecule has 1 aromatic carbocycles. The Hall–Kier alpha value is -2.51. The van der Waals surface area contributed by atoms with Crippen molar-refractivity contribution in [2.75, 3.05) is 32.8 Å². The number of carbonyl (C=O) groups is 1. The van der Waals surface area contributed by atoms with Crippen molar-refractivity contribution < 1.29 is 9.53 Å². The van der Waals surface area contributed by atoms with E-state index in [-0.39, 0.29) is 12.1 Å². The molecule has 1 atom stereocenters. The van der Waals surface area contributed by atoms with Crippen LogP contribution in [0.2, 0.25) is 0 Å². The van der Waals surface area contributed by atoms with Crippen LogP contribution in [0, 0.1) is 0 Å². The molecule has 0 spiro atoms. The zero-order chi connectivity index (χ0) is 17.3. The molecule has 1 aromatic heterocycles. The first-order chi connectivity index (χ1) is 12.3. The number of rotatable bonds is 6. The molecule has 7 nitrogen and oxygen atoms in total. The number of amides is 2. The van der Waals surface area contributed by atoms with E-state index in [1.165, 1.54) is 0 Å². The summed E-state index contributed by atoms with van der Waals surface area (Å²) in [6, 6.07) is 11.6. The van der Waals surface area contributed by atoms with Crippen molar-refractivity contribution in [3.63, 3.8) is 0 Å². The number of nitrogens with zero attached hydrogens (tertiary/aromatic N) is 2. The van der Waals surface area contributed by atoms with Gasteiger partial charge in [-0.05, 0) is 6.07 Å². The molecule has 7 heteroatoms. The molecular formula is C18H23N5O2. The third-order valence-corrected chi connectivity index (χ3v) is 3.90. The molecule has 1 fully saturated rings. The minimum atomic E-state index is -0.201. The van der Waals surface area contributed by atoms with Crippen molar-refractivity contribution in [1.82, 2.24) is 25.9 Å². The number of carbonyl (C=O) groups excluding carboxylic acids is 1. The molecule has 0 saturated carbocycles. The highest BCUT2D eigenvalue weighted by molar-refractivity contribution is 5.73. The van der Waals surface area contributed by atoms with Crippen LogP contribution >= 0.6 is 0 Å². The largest absolute Gasteiger partial charge is 0.374 e. The molecule has 3 N–H and O–H groups in total. The van der Waals surface area contributed by atoms with Gasteiger partial charge in [0.15, 0.2) is 0 Å². The lowest BCUT2D eigenvalue weighted by Crippen LogP contribution is -2.47. The fourth-order valence-electron chi connectivity index (χ4n) is 2.60. The second-order valence-corrected chi connectivity index (χ2v) is 5.81. The van der Waals surface area contributed by atoms with Gasteiger partial charge in [-0.2, -0.15) is 0 Å². The van der Waals surface area contributed by atoms with Crippen LogP contribution in [0.1, 0.15) is 5.82 Å². The topological polar surface area (TPSA) is 88.2 Å². The molecule has 25 heavy (non-hydrogen) atoms. The molecular weight excluding hydrogens is 318 g/mol. The Morgan fingerprint density at radius 3 is 2.92 bits per heavy atom. The van der Waals surface area contributed by atoms with Gasteiger partial charge in [0, 0.05) is 44.4 Å². The fraction of sp³-hybridized carbons (Fsp3) is 0.389. The number of hydrogen-bond donors (Lipinski definition) is 3. The second kappa shape index (κ2) is 9.10. The van der Waals surface area contributed by atoms with Crippen LogP contribution in [0.5, 0.6) is 0 Å². The fourth-order valence-corrected chi connectivity index (χ4v) is 2.60. The average molecular weight is 341 g/mol. The van der Waals surface area contributed by atoms with Gasteiger partial charge in [0.25, 0.3) is 0 Å². The molecule has 0 aliphatic carbocycles. The first-order valence-corrected chi connectivity index (χ1v) is 8.52. The zero-order valence-electron chi connectivity index (χ0n) is 14.1. The Kier molecular flexibility index (Phi) is 6.30. The van der Waals surface area contributed by atoms with Gasteiger partial charge in [-0.25, -0.2) is 14.8 Å². The smallest absolute Gasteiger partial charge is 0.314 e. The molecule has 2 aromatic rings. The number of aromatic nitrogens is 2. The average Bonchev–Trinajstić information content (AvgIpc) is 2.68. The molecule has 1 aliphatic heterocycles. The number of hydrogen-bond acceptors (Lipinski definition) is 5. The Morgan fingerprint density at radius 1 is 1.24 bits per heavy atom. The summed E-state index contributed by atoms with van der Waals surface area (Å²) in [5.41, 5.74) is 1.94. The number of ether oxygens (including phenoxy) is 1. The van der Waals surface area contributed by atoms with Crippen LogP contribution in [-0.2, 0) is 11.2 Å². The highest BCUT2D eigenvalue weighted by Crippen LogP contribution is 2.15. The van der Waals surface area contributed by atoms with Crippen LogP contribution in [0.3, 0.4) is 0 Å². The molecule has 0 bridgehead atoms. The van der Waals surface area contributed by atoms with Gasteiger partial charge in [0.1, 0.15) is 5.82 Å². The van der Waals surface area contributed by atoms with Crippen molar-refractivity contribution in [1.29, 1.82) is 0 Å². The van der Waals surface area contributed by atoms with Crippen LogP contribution in [0.25, 0.3) is 11.3 Å². The Labute approximate surface area is 147 Å². The van der Waals surface area contributed by atoms with Crippen molar-refractivity contribution >= 4 is 6.03 Å². The molecule has 1 aliphatic rings. The first kappa shape index (κ1) is 17.3. The Morgan fingerprint density at radius 2 is 2.12 bits per heavy atom. The quantitative estimate of drug-likeness (QED) is 0.729. The van der Waals surface area contributed by atoms with Crippen LogP contribution in [0.15, 0.2) is 42.6 Å². The Balaban J connectivity index is 1.42. The van der Waals surface area contributed by atoms with Gasteiger partial charge >= 0.3 is 6.03 Å². The van der Waals surface area contributed by atoms with Gasteiger partial charge < -0.3 is 20.7 Å². The lowest BCUT2D eigenvalue weighted by molar-refractivity contribution is 0.0307. The number of nitrogens with one attached hydrogen (secondary N) is 3. The van der Waals surface area contributed by atoms with Gasteiger partial charge in [0.2, 0.25) is 0 Å². The van der Waals surface area contributed by atoms with E-state index in [1.807, 2.05) is 36.4 Å². The van der Waals surface area contributed by atoms with Crippen molar-refractivity contribution in [2.45, 2.75) is 12.5 Å². The van der Waals surface area contributed by atoms with Crippen LogP contribution in [-0.4, -0.2) is 54.9 Å². The number of morpholine rings is 1. The molecule has 0 radical (unpaired) electrons. The normalized spacial score (nSPS) is 17.0. The van der Waals surface area contributed by atoms with E-state index < -0.39 is 0 Å². The van der Waals surface area contributed by atoms with Crippen molar-refractivity contribution in [3.05, 3.63) is 48.4 Å². The van der Waals surface area contributed by atoms with Gasteiger partial charge in [-0.3, -0.25) is 0 Å². The minimum Gasteiger partial charge on any atom is -0.374 e. The van der Waals surface area contributed by atoms with Gasteiger partial charge in [-0.1, -0.05) is 30.3 Å². The van der Waals surface area contributed by atoms with E-state index in [1.54, 1.807) is 6.20 Å². The second-order valence-electron chi connectivity index (χ2n) is 5.81. The molecule has 2 amide bonds. The predicted octanol–water partition coefficient (Wildman–Crippen LogP) is 0.974. The van der Waals surface area contributed by atoms with E-state index >= 15 is 0 Å². The highest BCUT2D eigenvalue weighted by Gasteiger charge is 2.13.